The van der Waals surface area contributed by atoms with Gasteiger partial charge in [-0.25, -0.2) is 4.39 Å². The number of nitrogens with one attached hydrogen (secondary N) is 1. The van der Waals surface area contributed by atoms with Gasteiger partial charge in [-0.1, -0.05) is 24.3 Å². The first-order chi connectivity index (χ1) is 9.65. The molecular weight excluding hydrogens is 323 g/mol. The van der Waals surface area contributed by atoms with Crippen LogP contribution in [0.1, 0.15) is 17.2 Å². The van der Waals surface area contributed by atoms with Crippen molar-refractivity contribution in [2.45, 2.75) is 12.5 Å². The fourth-order valence-corrected chi connectivity index (χ4v) is 2.46. The highest BCUT2D eigenvalue weighted by molar-refractivity contribution is 9.10. The number of rotatable bonds is 5. The van der Waals surface area contributed by atoms with Gasteiger partial charge in [-0.2, -0.15) is 0 Å². The molecule has 3 N–H and O–H groups in total. The third kappa shape index (κ3) is 3.36. The molecular formula is C15H16BrFN2O. The normalized spacial score (nSPS) is 12.2. The fraction of sp³-hybridized carbons (Fsp3) is 0.200. The fourth-order valence-electron chi connectivity index (χ4n) is 2.08. The predicted octanol–water partition coefficient (Wildman–Crippen LogP) is 3.34. The van der Waals surface area contributed by atoms with Crippen LogP contribution in [0, 0.1) is 5.82 Å². The third-order valence-corrected chi connectivity index (χ3v) is 3.74. The molecule has 3 nitrogen and oxygen atoms in total. The Balaban J connectivity index is 2.26. The molecule has 0 spiro atoms. The van der Waals surface area contributed by atoms with Crippen LogP contribution in [0.15, 0.2) is 46.9 Å². The van der Waals surface area contributed by atoms with E-state index in [-0.39, 0.29) is 11.9 Å². The molecule has 20 heavy (non-hydrogen) atoms. The molecule has 0 radical (unpaired) electrons. The van der Waals surface area contributed by atoms with Crippen molar-refractivity contribution >= 4 is 15.9 Å². The van der Waals surface area contributed by atoms with E-state index in [9.17, 15) is 4.39 Å². The van der Waals surface area contributed by atoms with Gasteiger partial charge in [0.05, 0.1) is 17.6 Å². The van der Waals surface area contributed by atoms with E-state index in [1.807, 2.05) is 24.3 Å². The summed E-state index contributed by atoms with van der Waals surface area (Å²) in [5.74, 6) is 6.06. The lowest BCUT2D eigenvalue weighted by Crippen LogP contribution is -2.30. The van der Waals surface area contributed by atoms with E-state index in [0.717, 1.165) is 11.3 Å². The lowest BCUT2D eigenvalue weighted by molar-refractivity contribution is 0.413. The van der Waals surface area contributed by atoms with Crippen molar-refractivity contribution in [3.8, 4) is 5.75 Å². The second kappa shape index (κ2) is 6.83. The number of hydrazine groups is 1. The summed E-state index contributed by atoms with van der Waals surface area (Å²) in [6.07, 6.45) is 0.571. The van der Waals surface area contributed by atoms with E-state index in [2.05, 4.69) is 21.4 Å². The number of benzene rings is 2. The Morgan fingerprint density at radius 2 is 2.05 bits per heavy atom. The molecule has 0 bridgehead atoms. The lowest BCUT2D eigenvalue weighted by Gasteiger charge is -2.18. The standard InChI is InChI=1S/C15H16BrFN2O/c1-20-11-5-2-4-10(8-11)9-14(19-18)12-6-3-7-13(16)15(12)17/h2-8,14,19H,9,18H2,1H3. The van der Waals surface area contributed by atoms with Crippen molar-refractivity contribution in [1.29, 1.82) is 0 Å². The zero-order valence-electron chi connectivity index (χ0n) is 11.1. The number of hydrogen-bond donors (Lipinski definition) is 2. The van der Waals surface area contributed by atoms with Crippen molar-refractivity contribution < 1.29 is 9.13 Å². The van der Waals surface area contributed by atoms with Crippen LogP contribution in [-0.2, 0) is 6.42 Å². The number of methoxy groups -OCH3 is 1. The highest BCUT2D eigenvalue weighted by atomic mass is 79.9. The minimum Gasteiger partial charge on any atom is -0.497 e. The number of hydrogen-bond acceptors (Lipinski definition) is 3. The molecule has 2 aromatic carbocycles. The van der Waals surface area contributed by atoms with E-state index in [0.29, 0.717) is 16.5 Å². The number of halogens is 2. The van der Waals surface area contributed by atoms with Crippen LogP contribution in [0.3, 0.4) is 0 Å². The quantitative estimate of drug-likeness (QED) is 0.649. The van der Waals surface area contributed by atoms with Crippen molar-refractivity contribution in [1.82, 2.24) is 5.43 Å². The SMILES string of the molecule is COc1cccc(CC(NN)c2cccc(Br)c2F)c1. The Morgan fingerprint density at radius 3 is 2.75 bits per heavy atom. The molecule has 0 heterocycles. The number of ether oxygens (including phenoxy) is 1. The van der Waals surface area contributed by atoms with Crippen LogP contribution in [0.5, 0.6) is 5.75 Å². The molecule has 1 atom stereocenters. The summed E-state index contributed by atoms with van der Waals surface area (Å²) < 4.78 is 19.7. The summed E-state index contributed by atoms with van der Waals surface area (Å²) in [5, 5.41) is 0. The van der Waals surface area contributed by atoms with Crippen molar-refractivity contribution in [3.63, 3.8) is 0 Å². The molecule has 0 aliphatic rings. The van der Waals surface area contributed by atoms with E-state index >= 15 is 0 Å². The van der Waals surface area contributed by atoms with Gasteiger partial charge < -0.3 is 4.74 Å². The topological polar surface area (TPSA) is 47.3 Å². The van der Waals surface area contributed by atoms with Gasteiger partial charge in [0.15, 0.2) is 0 Å². The Kier molecular flexibility index (Phi) is 5.11. The van der Waals surface area contributed by atoms with Crippen LogP contribution in [-0.4, -0.2) is 7.11 Å². The molecule has 0 amide bonds. The van der Waals surface area contributed by atoms with Crippen LogP contribution in [0.2, 0.25) is 0 Å². The summed E-state index contributed by atoms with van der Waals surface area (Å²) in [7, 11) is 1.62. The minimum absolute atomic E-state index is 0.293. The Bertz CT molecular complexity index is 592. The van der Waals surface area contributed by atoms with E-state index in [4.69, 9.17) is 10.6 Å². The summed E-state index contributed by atoms with van der Waals surface area (Å²) >= 11 is 3.19. The second-order valence-corrected chi connectivity index (χ2v) is 5.27. The van der Waals surface area contributed by atoms with Crippen molar-refractivity contribution in [3.05, 3.63) is 63.9 Å². The Hall–Kier alpha value is -1.43. The molecule has 106 valence electrons. The largest absolute Gasteiger partial charge is 0.497 e. The van der Waals surface area contributed by atoms with E-state index in [1.165, 1.54) is 0 Å². The first-order valence-electron chi connectivity index (χ1n) is 6.18. The van der Waals surface area contributed by atoms with Gasteiger partial charge >= 0.3 is 0 Å². The summed E-state index contributed by atoms with van der Waals surface area (Å²) in [5.41, 5.74) is 4.22. The van der Waals surface area contributed by atoms with Crippen LogP contribution in [0.4, 0.5) is 4.39 Å². The molecule has 2 rings (SSSR count). The van der Waals surface area contributed by atoms with Gasteiger partial charge in [0.25, 0.3) is 0 Å². The van der Waals surface area contributed by atoms with Gasteiger partial charge in [0.2, 0.25) is 0 Å². The summed E-state index contributed by atoms with van der Waals surface area (Å²) in [6.45, 7) is 0. The predicted molar refractivity (Wildman–Crippen MR) is 80.9 cm³/mol. The zero-order valence-corrected chi connectivity index (χ0v) is 12.7. The molecule has 0 aromatic heterocycles. The second-order valence-electron chi connectivity index (χ2n) is 4.42. The maximum Gasteiger partial charge on any atom is 0.142 e. The molecule has 0 fully saturated rings. The molecule has 5 heteroatoms. The van der Waals surface area contributed by atoms with Gasteiger partial charge in [0.1, 0.15) is 11.6 Å². The molecule has 0 aliphatic heterocycles. The lowest BCUT2D eigenvalue weighted by atomic mass is 9.99. The average Bonchev–Trinajstić information content (AvgIpc) is 2.48. The zero-order chi connectivity index (χ0) is 14.5. The smallest absolute Gasteiger partial charge is 0.142 e. The monoisotopic (exact) mass is 338 g/mol. The Morgan fingerprint density at radius 1 is 1.30 bits per heavy atom. The van der Waals surface area contributed by atoms with E-state index in [1.54, 1.807) is 25.3 Å². The third-order valence-electron chi connectivity index (χ3n) is 3.13. The van der Waals surface area contributed by atoms with Crippen molar-refractivity contribution in [2.24, 2.45) is 5.84 Å². The van der Waals surface area contributed by atoms with Crippen molar-refractivity contribution in [2.75, 3.05) is 7.11 Å². The molecule has 1 unspecified atom stereocenters. The van der Waals surface area contributed by atoms with Gasteiger partial charge in [-0.15, -0.1) is 0 Å². The van der Waals surface area contributed by atoms with Gasteiger partial charge in [-0.05, 0) is 46.1 Å². The van der Waals surface area contributed by atoms with Gasteiger partial charge in [-0.3, -0.25) is 11.3 Å². The Labute approximate surface area is 126 Å². The van der Waals surface area contributed by atoms with Crippen LogP contribution in [0.25, 0.3) is 0 Å². The minimum atomic E-state index is -0.306. The van der Waals surface area contributed by atoms with Crippen LogP contribution < -0.4 is 16.0 Å². The van der Waals surface area contributed by atoms with E-state index < -0.39 is 0 Å². The molecule has 2 aromatic rings. The summed E-state index contributed by atoms with van der Waals surface area (Å²) in [4.78, 5) is 0. The molecule has 0 saturated carbocycles. The molecule has 0 aliphatic carbocycles. The average molecular weight is 339 g/mol. The maximum atomic E-state index is 14.1. The number of nitrogens with two attached hydrogens (primary N) is 1. The first-order valence-corrected chi connectivity index (χ1v) is 6.98. The van der Waals surface area contributed by atoms with Crippen LogP contribution >= 0.6 is 15.9 Å². The van der Waals surface area contributed by atoms with Gasteiger partial charge in [0, 0.05) is 5.56 Å². The molecule has 0 saturated heterocycles. The maximum absolute atomic E-state index is 14.1. The highest BCUT2D eigenvalue weighted by Gasteiger charge is 2.16. The first kappa shape index (κ1) is 15.0. The summed E-state index contributed by atoms with van der Waals surface area (Å²) in [6, 6.07) is 12.5. The highest BCUT2D eigenvalue weighted by Crippen LogP contribution is 2.26.